The average molecular weight is 351 g/mol. The zero-order valence-electron chi connectivity index (χ0n) is 11.9. The number of thiol groups is 1. The van der Waals surface area contributed by atoms with E-state index in [1.54, 1.807) is 18.2 Å². The van der Waals surface area contributed by atoms with Crippen molar-refractivity contribution in [2.75, 3.05) is 32.1 Å². The molecule has 1 unspecified atom stereocenters. The first kappa shape index (κ1) is 18.6. The van der Waals surface area contributed by atoms with Gasteiger partial charge >= 0.3 is 0 Å². The summed E-state index contributed by atoms with van der Waals surface area (Å²) in [6.07, 6.45) is 0. The number of amides is 1. The van der Waals surface area contributed by atoms with Gasteiger partial charge in [0.2, 0.25) is 5.91 Å². The molecule has 7 heteroatoms. The molecule has 0 aliphatic carbocycles. The SMILES string of the molecule is CC(CS)C(=O)NN1CCOCC1.Clc1cccc(Cl)c1. The number of nitrogens with one attached hydrogen (secondary N) is 1. The third-order valence-electron chi connectivity index (χ3n) is 2.79. The van der Waals surface area contributed by atoms with E-state index in [4.69, 9.17) is 27.9 Å². The number of hydrogen-bond acceptors (Lipinski definition) is 4. The Labute approximate surface area is 141 Å². The van der Waals surface area contributed by atoms with Crippen molar-refractivity contribution < 1.29 is 9.53 Å². The molecule has 1 aromatic rings. The van der Waals surface area contributed by atoms with Crippen LogP contribution in [-0.4, -0.2) is 43.0 Å². The number of ether oxygens (including phenoxy) is 1. The molecule has 0 bridgehead atoms. The molecule has 1 N–H and O–H groups in total. The summed E-state index contributed by atoms with van der Waals surface area (Å²) < 4.78 is 5.16. The fraction of sp³-hybridized carbons (Fsp3) is 0.500. The van der Waals surface area contributed by atoms with Crippen LogP contribution in [0.15, 0.2) is 24.3 Å². The van der Waals surface area contributed by atoms with Crippen molar-refractivity contribution in [3.63, 3.8) is 0 Å². The number of morpholine rings is 1. The second kappa shape index (κ2) is 10.3. The van der Waals surface area contributed by atoms with Crippen LogP contribution in [0.1, 0.15) is 6.92 Å². The molecule has 1 aliphatic rings. The van der Waals surface area contributed by atoms with E-state index in [1.807, 2.05) is 18.0 Å². The van der Waals surface area contributed by atoms with Gasteiger partial charge in [0.25, 0.3) is 0 Å². The number of nitrogens with zero attached hydrogens (tertiary/aromatic N) is 1. The third-order valence-corrected chi connectivity index (χ3v) is 3.81. The number of halogens is 2. The van der Waals surface area contributed by atoms with Gasteiger partial charge in [-0.15, -0.1) is 0 Å². The first-order valence-corrected chi connectivity index (χ1v) is 8.07. The van der Waals surface area contributed by atoms with Crippen LogP contribution in [0.3, 0.4) is 0 Å². The molecule has 1 amide bonds. The molecule has 21 heavy (non-hydrogen) atoms. The van der Waals surface area contributed by atoms with Gasteiger partial charge in [-0.1, -0.05) is 36.2 Å². The topological polar surface area (TPSA) is 41.6 Å². The summed E-state index contributed by atoms with van der Waals surface area (Å²) in [6.45, 7) is 4.78. The molecule has 118 valence electrons. The van der Waals surface area contributed by atoms with Crippen molar-refractivity contribution in [3.8, 4) is 0 Å². The van der Waals surface area contributed by atoms with Crippen molar-refractivity contribution in [2.45, 2.75) is 6.92 Å². The highest BCUT2D eigenvalue weighted by Crippen LogP contribution is 2.14. The number of carbonyl (C=O) groups excluding carboxylic acids is 1. The lowest BCUT2D eigenvalue weighted by molar-refractivity contribution is -0.130. The fourth-order valence-corrected chi connectivity index (χ4v) is 2.09. The molecule has 1 fully saturated rings. The van der Waals surface area contributed by atoms with Crippen molar-refractivity contribution >= 4 is 41.7 Å². The molecule has 1 saturated heterocycles. The molecule has 1 aliphatic heterocycles. The second-order valence-corrected chi connectivity index (χ2v) is 5.84. The van der Waals surface area contributed by atoms with Crippen LogP contribution in [-0.2, 0) is 9.53 Å². The number of benzene rings is 1. The van der Waals surface area contributed by atoms with E-state index in [2.05, 4.69) is 18.1 Å². The van der Waals surface area contributed by atoms with Gasteiger partial charge in [-0.2, -0.15) is 12.6 Å². The highest BCUT2D eigenvalue weighted by molar-refractivity contribution is 7.80. The van der Waals surface area contributed by atoms with Crippen molar-refractivity contribution in [2.24, 2.45) is 5.92 Å². The van der Waals surface area contributed by atoms with Gasteiger partial charge in [0, 0.05) is 34.8 Å². The lowest BCUT2D eigenvalue weighted by Crippen LogP contribution is -2.50. The largest absolute Gasteiger partial charge is 0.379 e. The normalized spacial score (nSPS) is 16.6. The average Bonchev–Trinajstić information content (AvgIpc) is 2.47. The van der Waals surface area contributed by atoms with Crippen LogP contribution in [0.25, 0.3) is 0 Å². The van der Waals surface area contributed by atoms with Crippen LogP contribution in [0.5, 0.6) is 0 Å². The molecule has 1 heterocycles. The molecule has 0 saturated carbocycles. The van der Waals surface area contributed by atoms with E-state index in [9.17, 15) is 4.79 Å². The van der Waals surface area contributed by atoms with E-state index < -0.39 is 0 Å². The molecule has 1 aromatic carbocycles. The number of rotatable bonds is 3. The quantitative estimate of drug-likeness (QED) is 0.823. The van der Waals surface area contributed by atoms with Gasteiger partial charge in [0.05, 0.1) is 13.2 Å². The first-order valence-electron chi connectivity index (χ1n) is 6.68. The maximum absolute atomic E-state index is 11.4. The van der Waals surface area contributed by atoms with Gasteiger partial charge in [-0.25, -0.2) is 5.01 Å². The van der Waals surface area contributed by atoms with E-state index in [0.717, 1.165) is 13.1 Å². The summed E-state index contributed by atoms with van der Waals surface area (Å²) in [4.78, 5) is 11.4. The van der Waals surface area contributed by atoms with E-state index in [-0.39, 0.29) is 11.8 Å². The Morgan fingerprint density at radius 1 is 1.38 bits per heavy atom. The Morgan fingerprint density at radius 2 is 1.95 bits per heavy atom. The van der Waals surface area contributed by atoms with Crippen LogP contribution >= 0.6 is 35.8 Å². The fourth-order valence-electron chi connectivity index (χ4n) is 1.48. The summed E-state index contributed by atoms with van der Waals surface area (Å²) in [6, 6.07) is 7.08. The number of carbonyl (C=O) groups is 1. The predicted molar refractivity (Wildman–Crippen MR) is 90.0 cm³/mol. The molecular formula is C14H20Cl2N2O2S. The van der Waals surface area contributed by atoms with Crippen molar-refractivity contribution in [3.05, 3.63) is 34.3 Å². The molecule has 0 spiro atoms. The standard InChI is InChI=1S/C8H16N2O2S.C6H4Cl2/c1-7(6-13)8(11)9-10-2-4-12-5-3-10;7-5-2-1-3-6(8)4-5/h7,13H,2-6H2,1H3,(H,9,11);1-4H. The summed E-state index contributed by atoms with van der Waals surface area (Å²) in [5.74, 6) is 0.582. The Kier molecular flexibility index (Phi) is 9.11. The zero-order valence-corrected chi connectivity index (χ0v) is 14.3. The number of hydrazine groups is 1. The van der Waals surface area contributed by atoms with Crippen molar-refractivity contribution in [1.29, 1.82) is 0 Å². The van der Waals surface area contributed by atoms with Gasteiger partial charge in [0.15, 0.2) is 0 Å². The summed E-state index contributed by atoms with van der Waals surface area (Å²) in [5.41, 5.74) is 2.84. The third kappa shape index (κ3) is 7.93. The Morgan fingerprint density at radius 3 is 2.38 bits per heavy atom. The lowest BCUT2D eigenvalue weighted by Gasteiger charge is -2.27. The lowest BCUT2D eigenvalue weighted by atomic mass is 10.2. The molecule has 2 rings (SSSR count). The summed E-state index contributed by atoms with van der Waals surface area (Å²) in [5, 5.41) is 3.25. The van der Waals surface area contributed by atoms with Crippen LogP contribution < -0.4 is 5.43 Å². The van der Waals surface area contributed by atoms with Crippen LogP contribution in [0, 0.1) is 5.92 Å². The van der Waals surface area contributed by atoms with Gasteiger partial charge in [0.1, 0.15) is 0 Å². The monoisotopic (exact) mass is 350 g/mol. The van der Waals surface area contributed by atoms with E-state index >= 15 is 0 Å². The highest BCUT2D eigenvalue weighted by Gasteiger charge is 2.16. The Balaban J connectivity index is 0.000000235. The minimum atomic E-state index is -0.0359. The molecular weight excluding hydrogens is 331 g/mol. The summed E-state index contributed by atoms with van der Waals surface area (Å²) in [7, 11) is 0. The molecule has 0 radical (unpaired) electrons. The molecule has 0 aromatic heterocycles. The zero-order chi connectivity index (χ0) is 15.7. The summed E-state index contributed by atoms with van der Waals surface area (Å²) >= 11 is 15.2. The highest BCUT2D eigenvalue weighted by atomic mass is 35.5. The van der Waals surface area contributed by atoms with Crippen molar-refractivity contribution in [1.82, 2.24) is 10.4 Å². The van der Waals surface area contributed by atoms with E-state index in [1.165, 1.54) is 0 Å². The Hall–Kier alpha value is -0.460. The first-order chi connectivity index (χ1) is 10.0. The molecule has 4 nitrogen and oxygen atoms in total. The minimum absolute atomic E-state index is 0.0359. The van der Waals surface area contributed by atoms with Gasteiger partial charge < -0.3 is 4.74 Å². The Bertz CT molecular complexity index is 425. The van der Waals surface area contributed by atoms with Crippen LogP contribution in [0.4, 0.5) is 0 Å². The molecule has 1 atom stereocenters. The minimum Gasteiger partial charge on any atom is -0.379 e. The van der Waals surface area contributed by atoms with Gasteiger partial charge in [-0.3, -0.25) is 10.2 Å². The van der Waals surface area contributed by atoms with E-state index in [0.29, 0.717) is 29.0 Å². The maximum Gasteiger partial charge on any atom is 0.237 e. The van der Waals surface area contributed by atoms with Gasteiger partial charge in [-0.05, 0) is 18.2 Å². The second-order valence-electron chi connectivity index (χ2n) is 4.60. The smallest absolute Gasteiger partial charge is 0.237 e. The maximum atomic E-state index is 11.4. The number of hydrogen-bond donors (Lipinski definition) is 2. The van der Waals surface area contributed by atoms with Crippen LogP contribution in [0.2, 0.25) is 10.0 Å². The predicted octanol–water partition coefficient (Wildman–Crippen LogP) is 2.91.